The summed E-state index contributed by atoms with van der Waals surface area (Å²) in [7, 11) is 1.75. The minimum absolute atomic E-state index is 0.0675. The first-order chi connectivity index (χ1) is 8.16. The highest BCUT2D eigenvalue weighted by molar-refractivity contribution is 5.93. The topological polar surface area (TPSA) is 61.9 Å². The van der Waals surface area contributed by atoms with Crippen LogP contribution in [0.5, 0.6) is 0 Å². The molecule has 0 atom stereocenters. The standard InChI is InChI=1S/C12H14N4O/c1-9-4-3-5-11(15-9)8-16(2)12(17)10-6-13-14-7-10/h3-7H,8H2,1-2H3,(H,13,14). The Labute approximate surface area is 99.5 Å². The first-order valence-corrected chi connectivity index (χ1v) is 5.33. The Morgan fingerprint density at radius 3 is 2.94 bits per heavy atom. The molecule has 0 saturated heterocycles. The zero-order valence-electron chi connectivity index (χ0n) is 9.84. The number of nitrogens with zero attached hydrogens (tertiary/aromatic N) is 3. The van der Waals surface area contributed by atoms with Gasteiger partial charge in [0.15, 0.2) is 0 Å². The summed E-state index contributed by atoms with van der Waals surface area (Å²) in [5.74, 6) is -0.0675. The van der Waals surface area contributed by atoms with E-state index in [1.54, 1.807) is 18.1 Å². The second kappa shape index (κ2) is 4.78. The van der Waals surface area contributed by atoms with Gasteiger partial charge in [0, 0.05) is 18.9 Å². The van der Waals surface area contributed by atoms with Gasteiger partial charge in [0.05, 0.1) is 24.0 Å². The molecule has 2 rings (SSSR count). The fourth-order valence-corrected chi connectivity index (χ4v) is 1.59. The lowest BCUT2D eigenvalue weighted by atomic mass is 10.2. The molecule has 0 aliphatic heterocycles. The molecule has 0 aliphatic rings. The normalized spacial score (nSPS) is 10.2. The van der Waals surface area contributed by atoms with Crippen LogP contribution in [0.3, 0.4) is 0 Å². The van der Waals surface area contributed by atoms with Gasteiger partial charge >= 0.3 is 0 Å². The average Bonchev–Trinajstić information content (AvgIpc) is 2.81. The van der Waals surface area contributed by atoms with Crippen LogP contribution in [0.15, 0.2) is 30.6 Å². The number of carbonyl (C=O) groups is 1. The number of aromatic amines is 1. The van der Waals surface area contributed by atoms with Gasteiger partial charge in [-0.2, -0.15) is 5.10 Å². The van der Waals surface area contributed by atoms with E-state index in [0.29, 0.717) is 12.1 Å². The average molecular weight is 230 g/mol. The van der Waals surface area contributed by atoms with Crippen molar-refractivity contribution < 1.29 is 4.79 Å². The number of rotatable bonds is 3. The van der Waals surface area contributed by atoms with Crippen LogP contribution in [-0.4, -0.2) is 33.0 Å². The van der Waals surface area contributed by atoms with Gasteiger partial charge in [-0.05, 0) is 19.1 Å². The third-order valence-electron chi connectivity index (χ3n) is 2.44. The van der Waals surface area contributed by atoms with E-state index in [4.69, 9.17) is 0 Å². The van der Waals surface area contributed by atoms with Crippen LogP contribution >= 0.6 is 0 Å². The van der Waals surface area contributed by atoms with Crippen molar-refractivity contribution in [3.05, 3.63) is 47.5 Å². The van der Waals surface area contributed by atoms with Crippen LogP contribution in [0.2, 0.25) is 0 Å². The predicted octanol–water partition coefficient (Wildman–Crippen LogP) is 1.39. The lowest BCUT2D eigenvalue weighted by Gasteiger charge is -2.15. The van der Waals surface area contributed by atoms with Crippen LogP contribution in [0.25, 0.3) is 0 Å². The summed E-state index contributed by atoms with van der Waals surface area (Å²) in [6, 6.07) is 5.78. The van der Waals surface area contributed by atoms with Gasteiger partial charge < -0.3 is 4.90 Å². The molecular formula is C12H14N4O. The maximum Gasteiger partial charge on any atom is 0.257 e. The van der Waals surface area contributed by atoms with Gasteiger partial charge in [-0.1, -0.05) is 6.07 Å². The van der Waals surface area contributed by atoms with Crippen molar-refractivity contribution in [1.29, 1.82) is 0 Å². The Bertz CT molecular complexity index is 507. The lowest BCUT2D eigenvalue weighted by molar-refractivity contribution is 0.0783. The Morgan fingerprint density at radius 2 is 2.29 bits per heavy atom. The molecule has 17 heavy (non-hydrogen) atoms. The number of amides is 1. The largest absolute Gasteiger partial charge is 0.336 e. The third kappa shape index (κ3) is 2.69. The van der Waals surface area contributed by atoms with Crippen LogP contribution in [0.4, 0.5) is 0 Å². The zero-order valence-corrected chi connectivity index (χ0v) is 9.84. The first kappa shape index (κ1) is 11.3. The molecule has 2 aromatic heterocycles. The number of hydrogen-bond donors (Lipinski definition) is 1. The van der Waals surface area contributed by atoms with Crippen molar-refractivity contribution in [3.63, 3.8) is 0 Å². The van der Waals surface area contributed by atoms with E-state index in [0.717, 1.165) is 11.4 Å². The van der Waals surface area contributed by atoms with Crippen LogP contribution < -0.4 is 0 Å². The molecule has 0 bridgehead atoms. The number of H-pyrrole nitrogens is 1. The van der Waals surface area contributed by atoms with E-state index in [2.05, 4.69) is 15.2 Å². The Balaban J connectivity index is 2.07. The van der Waals surface area contributed by atoms with E-state index in [1.165, 1.54) is 6.20 Å². The van der Waals surface area contributed by atoms with Gasteiger partial charge in [0.25, 0.3) is 5.91 Å². The molecule has 1 amide bonds. The number of carbonyl (C=O) groups excluding carboxylic acids is 1. The second-order valence-electron chi connectivity index (χ2n) is 3.92. The highest BCUT2D eigenvalue weighted by Crippen LogP contribution is 2.06. The summed E-state index contributed by atoms with van der Waals surface area (Å²) in [4.78, 5) is 17.9. The minimum Gasteiger partial charge on any atom is -0.336 e. The highest BCUT2D eigenvalue weighted by Gasteiger charge is 2.13. The molecular weight excluding hydrogens is 216 g/mol. The van der Waals surface area contributed by atoms with Crippen molar-refractivity contribution in [2.75, 3.05) is 7.05 Å². The molecule has 0 fully saturated rings. The van der Waals surface area contributed by atoms with Gasteiger partial charge in [0.2, 0.25) is 0 Å². The molecule has 0 radical (unpaired) electrons. The van der Waals surface area contributed by atoms with Crippen LogP contribution in [0.1, 0.15) is 21.7 Å². The third-order valence-corrected chi connectivity index (χ3v) is 2.44. The van der Waals surface area contributed by atoms with Gasteiger partial charge in [-0.3, -0.25) is 14.9 Å². The van der Waals surface area contributed by atoms with Crippen molar-refractivity contribution in [2.45, 2.75) is 13.5 Å². The Kier molecular flexibility index (Phi) is 3.18. The molecule has 5 nitrogen and oxygen atoms in total. The molecule has 1 N–H and O–H groups in total. The van der Waals surface area contributed by atoms with E-state index >= 15 is 0 Å². The van der Waals surface area contributed by atoms with E-state index in [1.807, 2.05) is 25.1 Å². The Morgan fingerprint density at radius 1 is 1.47 bits per heavy atom. The summed E-state index contributed by atoms with van der Waals surface area (Å²) in [5.41, 5.74) is 2.39. The number of nitrogens with one attached hydrogen (secondary N) is 1. The van der Waals surface area contributed by atoms with Crippen molar-refractivity contribution in [2.24, 2.45) is 0 Å². The van der Waals surface area contributed by atoms with Crippen molar-refractivity contribution >= 4 is 5.91 Å². The number of hydrogen-bond acceptors (Lipinski definition) is 3. The van der Waals surface area contributed by atoms with Crippen molar-refractivity contribution in [3.8, 4) is 0 Å². The van der Waals surface area contributed by atoms with Gasteiger partial charge in [-0.15, -0.1) is 0 Å². The number of aryl methyl sites for hydroxylation is 1. The number of aromatic nitrogens is 3. The molecule has 0 aromatic carbocycles. The first-order valence-electron chi connectivity index (χ1n) is 5.33. The number of pyridine rings is 1. The SMILES string of the molecule is Cc1cccc(CN(C)C(=O)c2cn[nH]c2)n1. The summed E-state index contributed by atoms with van der Waals surface area (Å²) in [6.45, 7) is 2.42. The molecule has 0 unspecified atom stereocenters. The highest BCUT2D eigenvalue weighted by atomic mass is 16.2. The van der Waals surface area contributed by atoms with E-state index in [9.17, 15) is 4.79 Å². The van der Waals surface area contributed by atoms with Crippen LogP contribution in [-0.2, 0) is 6.54 Å². The summed E-state index contributed by atoms with van der Waals surface area (Å²) < 4.78 is 0. The van der Waals surface area contributed by atoms with Crippen LogP contribution in [0, 0.1) is 6.92 Å². The molecule has 5 heteroatoms. The van der Waals surface area contributed by atoms with Crippen molar-refractivity contribution in [1.82, 2.24) is 20.1 Å². The molecule has 88 valence electrons. The molecule has 0 saturated carbocycles. The fourth-order valence-electron chi connectivity index (χ4n) is 1.59. The fraction of sp³-hybridized carbons (Fsp3) is 0.250. The lowest BCUT2D eigenvalue weighted by Crippen LogP contribution is -2.26. The molecule has 2 heterocycles. The van der Waals surface area contributed by atoms with E-state index in [-0.39, 0.29) is 5.91 Å². The molecule has 2 aromatic rings. The smallest absolute Gasteiger partial charge is 0.257 e. The maximum absolute atomic E-state index is 11.9. The van der Waals surface area contributed by atoms with E-state index < -0.39 is 0 Å². The predicted molar refractivity (Wildman–Crippen MR) is 63.4 cm³/mol. The maximum atomic E-state index is 11.9. The summed E-state index contributed by atoms with van der Waals surface area (Å²) >= 11 is 0. The zero-order chi connectivity index (χ0) is 12.3. The minimum atomic E-state index is -0.0675. The molecule has 0 spiro atoms. The molecule has 0 aliphatic carbocycles. The summed E-state index contributed by atoms with van der Waals surface area (Å²) in [6.07, 6.45) is 3.10. The monoisotopic (exact) mass is 230 g/mol. The van der Waals surface area contributed by atoms with Gasteiger partial charge in [-0.25, -0.2) is 0 Å². The summed E-state index contributed by atoms with van der Waals surface area (Å²) in [5, 5.41) is 6.38. The second-order valence-corrected chi connectivity index (χ2v) is 3.92. The van der Waals surface area contributed by atoms with Gasteiger partial charge in [0.1, 0.15) is 0 Å². The Hall–Kier alpha value is -2.17. The quantitative estimate of drug-likeness (QED) is 0.866.